The van der Waals surface area contributed by atoms with Crippen LogP contribution in [0.15, 0.2) is 42.5 Å². The Kier molecular flexibility index (Phi) is 5.65. The fraction of sp³-hybridized carbons (Fsp3) is 0.188. The molecule has 0 atom stereocenters. The van der Waals surface area contributed by atoms with Crippen LogP contribution in [0.25, 0.3) is 0 Å². The van der Waals surface area contributed by atoms with Gasteiger partial charge in [0.1, 0.15) is 17.1 Å². The molecule has 1 N–H and O–H groups in total. The van der Waals surface area contributed by atoms with Crippen molar-refractivity contribution in [3.05, 3.63) is 58.1 Å². The highest BCUT2D eigenvalue weighted by atomic mass is 19.4. The van der Waals surface area contributed by atoms with E-state index in [2.05, 4.69) is 10.1 Å². The van der Waals surface area contributed by atoms with Crippen LogP contribution in [-0.4, -0.2) is 30.7 Å². The zero-order chi connectivity index (χ0) is 19.3. The van der Waals surface area contributed by atoms with Crippen LogP contribution in [0.4, 0.5) is 24.5 Å². The third-order valence-corrected chi connectivity index (χ3v) is 3.14. The van der Waals surface area contributed by atoms with E-state index in [1.54, 1.807) is 12.1 Å². The molecule has 0 heterocycles. The standard InChI is InChI=1S/C16H13F3N2O5/c1-25-11-4-2-3-10(7-11)20-15(22)13-8-12(26-9-16(17,18)19)5-6-14(13)21(23)24/h2-8H,9H2,1H3,(H,20,22). The fourth-order valence-electron chi connectivity index (χ4n) is 2.01. The molecule has 2 aromatic carbocycles. The Morgan fingerprint density at radius 1 is 1.19 bits per heavy atom. The summed E-state index contributed by atoms with van der Waals surface area (Å²) in [7, 11) is 1.42. The maximum absolute atomic E-state index is 12.4. The summed E-state index contributed by atoms with van der Waals surface area (Å²) in [5.41, 5.74) is -0.701. The molecule has 0 bridgehead atoms. The summed E-state index contributed by atoms with van der Waals surface area (Å²) >= 11 is 0. The molecule has 138 valence electrons. The van der Waals surface area contributed by atoms with Crippen LogP contribution in [-0.2, 0) is 0 Å². The number of nitro groups is 1. The van der Waals surface area contributed by atoms with E-state index in [1.165, 1.54) is 19.2 Å². The van der Waals surface area contributed by atoms with Gasteiger partial charge in [0.2, 0.25) is 0 Å². The maximum atomic E-state index is 12.4. The second kappa shape index (κ2) is 7.72. The van der Waals surface area contributed by atoms with Crippen molar-refractivity contribution in [1.29, 1.82) is 0 Å². The summed E-state index contributed by atoms with van der Waals surface area (Å²) in [6.07, 6.45) is -4.58. The number of benzene rings is 2. The first-order valence-corrected chi connectivity index (χ1v) is 7.13. The third kappa shape index (κ3) is 5.10. The highest BCUT2D eigenvalue weighted by molar-refractivity contribution is 6.07. The largest absolute Gasteiger partial charge is 0.497 e. The van der Waals surface area contributed by atoms with Gasteiger partial charge in [-0.15, -0.1) is 0 Å². The summed E-state index contributed by atoms with van der Waals surface area (Å²) < 4.78 is 46.3. The number of methoxy groups -OCH3 is 1. The van der Waals surface area contributed by atoms with Gasteiger partial charge in [0, 0.05) is 17.8 Å². The summed E-state index contributed by atoms with van der Waals surface area (Å²) in [6, 6.07) is 9.01. The van der Waals surface area contributed by atoms with Gasteiger partial charge in [0.15, 0.2) is 6.61 Å². The van der Waals surface area contributed by atoms with E-state index in [0.29, 0.717) is 11.4 Å². The Bertz CT molecular complexity index is 824. The minimum Gasteiger partial charge on any atom is -0.497 e. The number of carbonyl (C=O) groups excluding carboxylic acids is 1. The zero-order valence-corrected chi connectivity index (χ0v) is 13.4. The van der Waals surface area contributed by atoms with Gasteiger partial charge in [0.05, 0.1) is 12.0 Å². The Morgan fingerprint density at radius 2 is 1.92 bits per heavy atom. The van der Waals surface area contributed by atoms with E-state index in [0.717, 1.165) is 18.2 Å². The third-order valence-electron chi connectivity index (χ3n) is 3.14. The second-order valence-electron chi connectivity index (χ2n) is 5.03. The second-order valence-corrected chi connectivity index (χ2v) is 5.03. The van der Waals surface area contributed by atoms with Crippen LogP contribution < -0.4 is 14.8 Å². The van der Waals surface area contributed by atoms with Crippen molar-refractivity contribution >= 4 is 17.3 Å². The number of hydrogen-bond acceptors (Lipinski definition) is 5. The number of nitrogens with one attached hydrogen (secondary N) is 1. The van der Waals surface area contributed by atoms with Gasteiger partial charge in [-0.2, -0.15) is 13.2 Å². The smallest absolute Gasteiger partial charge is 0.422 e. The van der Waals surface area contributed by atoms with Crippen molar-refractivity contribution in [2.45, 2.75) is 6.18 Å². The number of amides is 1. The Balaban J connectivity index is 2.28. The summed E-state index contributed by atoms with van der Waals surface area (Å²) in [5, 5.41) is 13.5. The van der Waals surface area contributed by atoms with Gasteiger partial charge in [-0.25, -0.2) is 0 Å². The minimum absolute atomic E-state index is 0.297. The molecule has 0 radical (unpaired) electrons. The van der Waals surface area contributed by atoms with Crippen molar-refractivity contribution in [3.63, 3.8) is 0 Å². The molecule has 0 aliphatic carbocycles. The highest BCUT2D eigenvalue weighted by Gasteiger charge is 2.29. The van der Waals surface area contributed by atoms with Crippen LogP contribution in [0, 0.1) is 10.1 Å². The predicted octanol–water partition coefficient (Wildman–Crippen LogP) is 3.80. The van der Waals surface area contributed by atoms with E-state index in [9.17, 15) is 28.1 Å². The van der Waals surface area contributed by atoms with Crippen LogP contribution in [0.5, 0.6) is 11.5 Å². The van der Waals surface area contributed by atoms with E-state index in [1.807, 2.05) is 0 Å². The number of halogens is 3. The van der Waals surface area contributed by atoms with Gasteiger partial charge in [0.25, 0.3) is 11.6 Å². The van der Waals surface area contributed by atoms with Crippen molar-refractivity contribution < 1.29 is 32.4 Å². The minimum atomic E-state index is -4.58. The molecule has 1 amide bonds. The average molecular weight is 370 g/mol. The molecule has 10 heteroatoms. The summed E-state index contributed by atoms with van der Waals surface area (Å²) in [4.78, 5) is 22.6. The first-order valence-electron chi connectivity index (χ1n) is 7.13. The lowest BCUT2D eigenvalue weighted by atomic mass is 10.1. The van der Waals surface area contributed by atoms with E-state index in [4.69, 9.17) is 4.74 Å². The molecule has 0 unspecified atom stereocenters. The van der Waals surface area contributed by atoms with Gasteiger partial charge >= 0.3 is 6.18 Å². The molecule has 26 heavy (non-hydrogen) atoms. The Labute approximate surface area is 145 Å². The van der Waals surface area contributed by atoms with Crippen molar-refractivity contribution in [2.75, 3.05) is 19.0 Å². The maximum Gasteiger partial charge on any atom is 0.422 e. The number of nitro benzene ring substituents is 1. The number of carbonyl (C=O) groups is 1. The Hall–Kier alpha value is -3.30. The molecular weight excluding hydrogens is 357 g/mol. The van der Waals surface area contributed by atoms with Crippen LogP contribution >= 0.6 is 0 Å². The quantitative estimate of drug-likeness (QED) is 0.617. The van der Waals surface area contributed by atoms with Gasteiger partial charge in [-0.1, -0.05) is 6.07 Å². The van der Waals surface area contributed by atoms with E-state index in [-0.39, 0.29) is 5.75 Å². The monoisotopic (exact) mass is 370 g/mol. The van der Waals surface area contributed by atoms with Crippen molar-refractivity contribution in [1.82, 2.24) is 0 Å². The van der Waals surface area contributed by atoms with Crippen LogP contribution in [0.1, 0.15) is 10.4 Å². The molecule has 0 aliphatic heterocycles. The molecule has 0 saturated carbocycles. The molecule has 0 aromatic heterocycles. The first-order chi connectivity index (χ1) is 12.2. The lowest BCUT2D eigenvalue weighted by molar-refractivity contribution is -0.385. The van der Waals surface area contributed by atoms with E-state index >= 15 is 0 Å². The van der Waals surface area contributed by atoms with Gasteiger partial charge in [-0.3, -0.25) is 14.9 Å². The van der Waals surface area contributed by atoms with Gasteiger partial charge in [-0.05, 0) is 24.3 Å². The summed E-state index contributed by atoms with van der Waals surface area (Å²) in [5.74, 6) is -0.745. The molecule has 7 nitrogen and oxygen atoms in total. The normalized spacial score (nSPS) is 10.9. The molecular formula is C16H13F3N2O5. The molecule has 0 saturated heterocycles. The molecule has 2 rings (SSSR count). The molecule has 0 spiro atoms. The topological polar surface area (TPSA) is 90.7 Å². The fourth-order valence-corrected chi connectivity index (χ4v) is 2.01. The number of ether oxygens (including phenoxy) is 2. The number of alkyl halides is 3. The number of hydrogen-bond donors (Lipinski definition) is 1. The molecule has 2 aromatic rings. The number of anilines is 1. The summed E-state index contributed by atoms with van der Waals surface area (Å²) in [6.45, 7) is -1.58. The molecule has 0 fully saturated rings. The SMILES string of the molecule is COc1cccc(NC(=O)c2cc(OCC(F)(F)F)ccc2[N+](=O)[O-])c1. The lowest BCUT2D eigenvalue weighted by Crippen LogP contribution is -2.20. The zero-order valence-electron chi connectivity index (χ0n) is 13.4. The average Bonchev–Trinajstić information content (AvgIpc) is 2.59. The molecule has 0 aliphatic rings. The lowest BCUT2D eigenvalue weighted by Gasteiger charge is -2.11. The van der Waals surface area contributed by atoms with E-state index < -0.39 is 34.9 Å². The van der Waals surface area contributed by atoms with Crippen LogP contribution in [0.3, 0.4) is 0 Å². The van der Waals surface area contributed by atoms with Gasteiger partial charge < -0.3 is 14.8 Å². The number of rotatable bonds is 6. The number of nitrogens with zero attached hydrogens (tertiary/aromatic N) is 1. The first kappa shape index (κ1) is 19.0. The Morgan fingerprint density at radius 3 is 2.54 bits per heavy atom. The highest BCUT2D eigenvalue weighted by Crippen LogP contribution is 2.27. The van der Waals surface area contributed by atoms with Crippen molar-refractivity contribution in [3.8, 4) is 11.5 Å². The predicted molar refractivity (Wildman–Crippen MR) is 85.6 cm³/mol. The van der Waals surface area contributed by atoms with Crippen molar-refractivity contribution in [2.24, 2.45) is 0 Å². The van der Waals surface area contributed by atoms with Crippen LogP contribution in [0.2, 0.25) is 0 Å².